The zero-order valence-electron chi connectivity index (χ0n) is 9.94. The molecule has 0 saturated heterocycles. The first-order valence-corrected chi connectivity index (χ1v) is 5.22. The number of nitrogens with zero attached hydrogens (tertiary/aromatic N) is 3. The van der Waals surface area contributed by atoms with Crippen molar-refractivity contribution in [3.8, 4) is 0 Å². The lowest BCUT2D eigenvalue weighted by Gasteiger charge is -2.21. The minimum Gasteiger partial charge on any atom is -0.364 e. The van der Waals surface area contributed by atoms with Crippen molar-refractivity contribution in [3.63, 3.8) is 0 Å². The van der Waals surface area contributed by atoms with Gasteiger partial charge in [0.1, 0.15) is 17.9 Å². The lowest BCUT2D eigenvalue weighted by Crippen LogP contribution is -2.39. The van der Waals surface area contributed by atoms with Crippen LogP contribution in [0.1, 0.15) is 27.9 Å². The number of hydrogen-bond acceptors (Lipinski definition) is 4. The molecule has 104 valence electrons. The third kappa shape index (κ3) is 4.19. The number of alkyl halides is 3. The van der Waals surface area contributed by atoms with Crippen molar-refractivity contribution >= 4 is 11.8 Å². The molecular formula is C10H11F3N4O2. The van der Waals surface area contributed by atoms with Crippen LogP contribution in [0.15, 0.2) is 12.4 Å². The Balaban J connectivity index is 2.88. The molecule has 1 rings (SSSR count). The van der Waals surface area contributed by atoms with E-state index >= 15 is 0 Å². The molecule has 2 N–H and O–H groups in total. The van der Waals surface area contributed by atoms with Crippen LogP contribution in [0.5, 0.6) is 0 Å². The lowest BCUT2D eigenvalue weighted by molar-refractivity contribution is -0.140. The molecule has 0 bridgehead atoms. The number of nitrogens with two attached hydrogens (primary N) is 1. The molecule has 0 aliphatic heterocycles. The minimum atomic E-state index is -4.49. The zero-order valence-corrected chi connectivity index (χ0v) is 9.94. The summed E-state index contributed by atoms with van der Waals surface area (Å²) in [5, 5.41) is 0. The van der Waals surface area contributed by atoms with Crippen molar-refractivity contribution in [2.45, 2.75) is 13.1 Å². The topological polar surface area (TPSA) is 89.2 Å². The van der Waals surface area contributed by atoms with E-state index < -0.39 is 24.5 Å². The number of primary amides is 1. The maximum Gasteiger partial charge on any atom is 0.406 e. The summed E-state index contributed by atoms with van der Waals surface area (Å²) in [5.41, 5.74) is 4.47. The monoisotopic (exact) mass is 276 g/mol. The molecule has 6 nitrogen and oxygen atoms in total. The molecule has 0 saturated carbocycles. The molecule has 0 fully saturated rings. The molecule has 2 amide bonds. The van der Waals surface area contributed by atoms with Gasteiger partial charge in [-0.05, 0) is 6.92 Å². The molecule has 0 unspecified atom stereocenters. The summed E-state index contributed by atoms with van der Waals surface area (Å²) in [4.78, 5) is 30.2. The number of amides is 2. The fraction of sp³-hybridized carbons (Fsp3) is 0.400. The minimum absolute atomic E-state index is 0.127. The van der Waals surface area contributed by atoms with Gasteiger partial charge in [-0.2, -0.15) is 13.2 Å². The summed E-state index contributed by atoms with van der Waals surface area (Å²) in [6, 6.07) is 0. The van der Waals surface area contributed by atoms with Gasteiger partial charge in [0, 0.05) is 6.54 Å². The van der Waals surface area contributed by atoms with Gasteiger partial charge in [0.05, 0.1) is 12.4 Å². The number of hydrogen-bond donors (Lipinski definition) is 1. The molecule has 0 atom stereocenters. The van der Waals surface area contributed by atoms with E-state index in [9.17, 15) is 22.8 Å². The van der Waals surface area contributed by atoms with Gasteiger partial charge < -0.3 is 10.6 Å². The van der Waals surface area contributed by atoms with E-state index in [1.54, 1.807) is 0 Å². The van der Waals surface area contributed by atoms with Crippen LogP contribution in [0.4, 0.5) is 13.2 Å². The molecule has 1 heterocycles. The van der Waals surface area contributed by atoms with Gasteiger partial charge in [-0.25, -0.2) is 9.97 Å². The van der Waals surface area contributed by atoms with E-state index in [0.717, 1.165) is 12.4 Å². The Labute approximate surface area is 106 Å². The first-order chi connectivity index (χ1) is 8.74. The second-order valence-corrected chi connectivity index (χ2v) is 3.59. The SMILES string of the molecule is CCN(CC(F)(F)F)C(=O)c1cnc(C(N)=O)cn1. The Morgan fingerprint density at radius 1 is 1.26 bits per heavy atom. The maximum atomic E-state index is 12.2. The zero-order chi connectivity index (χ0) is 14.6. The average Bonchev–Trinajstić information content (AvgIpc) is 2.34. The fourth-order valence-electron chi connectivity index (χ4n) is 1.27. The highest BCUT2D eigenvalue weighted by molar-refractivity contribution is 5.93. The van der Waals surface area contributed by atoms with E-state index in [1.807, 2.05) is 0 Å². The second kappa shape index (κ2) is 5.63. The van der Waals surface area contributed by atoms with Gasteiger partial charge in [0.25, 0.3) is 11.8 Å². The lowest BCUT2D eigenvalue weighted by atomic mass is 10.3. The second-order valence-electron chi connectivity index (χ2n) is 3.59. The Hall–Kier alpha value is -2.19. The molecule has 0 aromatic carbocycles. The molecule has 1 aromatic heterocycles. The van der Waals surface area contributed by atoms with E-state index in [4.69, 9.17) is 5.73 Å². The van der Waals surface area contributed by atoms with Crippen molar-refractivity contribution in [2.24, 2.45) is 5.73 Å². The Morgan fingerprint density at radius 3 is 2.16 bits per heavy atom. The number of rotatable bonds is 4. The van der Waals surface area contributed by atoms with Gasteiger partial charge >= 0.3 is 6.18 Å². The van der Waals surface area contributed by atoms with E-state index in [0.29, 0.717) is 4.90 Å². The predicted octanol–water partition coefficient (Wildman–Crippen LogP) is 0.600. The molecule has 19 heavy (non-hydrogen) atoms. The summed E-state index contributed by atoms with van der Waals surface area (Å²) >= 11 is 0. The van der Waals surface area contributed by atoms with Crippen LogP contribution in [0.3, 0.4) is 0 Å². The molecule has 0 aliphatic carbocycles. The average molecular weight is 276 g/mol. The smallest absolute Gasteiger partial charge is 0.364 e. The molecule has 0 aliphatic rings. The maximum absolute atomic E-state index is 12.2. The third-order valence-electron chi connectivity index (χ3n) is 2.16. The van der Waals surface area contributed by atoms with Crippen LogP contribution in [0, 0.1) is 0 Å². The number of halogens is 3. The molecule has 9 heteroatoms. The summed E-state index contributed by atoms with van der Waals surface area (Å²) in [6.45, 7) is -0.0893. The van der Waals surface area contributed by atoms with Crippen molar-refractivity contribution in [1.29, 1.82) is 0 Å². The standard InChI is InChI=1S/C10H11F3N4O2/c1-2-17(5-10(11,12)13)9(19)7-4-15-6(3-16-7)8(14)18/h3-4H,2,5H2,1H3,(H2,14,18). The molecule has 0 radical (unpaired) electrons. The number of carbonyl (C=O) groups excluding carboxylic acids is 2. The first kappa shape index (κ1) is 14.9. The van der Waals surface area contributed by atoms with Gasteiger partial charge in [-0.15, -0.1) is 0 Å². The van der Waals surface area contributed by atoms with Gasteiger partial charge in [-0.1, -0.05) is 0 Å². The van der Waals surface area contributed by atoms with Gasteiger partial charge in [-0.3, -0.25) is 9.59 Å². The van der Waals surface area contributed by atoms with Gasteiger partial charge in [0.2, 0.25) is 0 Å². The van der Waals surface area contributed by atoms with Gasteiger partial charge in [0.15, 0.2) is 0 Å². The molecule has 1 aromatic rings. The van der Waals surface area contributed by atoms with E-state index in [1.165, 1.54) is 6.92 Å². The van der Waals surface area contributed by atoms with Crippen molar-refractivity contribution < 1.29 is 22.8 Å². The summed E-state index contributed by atoms with van der Waals surface area (Å²) in [5.74, 6) is -1.75. The Bertz CT molecular complexity index is 473. The van der Waals surface area contributed by atoms with Crippen LogP contribution < -0.4 is 5.73 Å². The normalized spacial score (nSPS) is 11.2. The van der Waals surface area contributed by atoms with Crippen LogP contribution in [0.25, 0.3) is 0 Å². The van der Waals surface area contributed by atoms with Crippen molar-refractivity contribution in [3.05, 3.63) is 23.8 Å². The summed E-state index contributed by atoms with van der Waals surface area (Å²) < 4.78 is 36.7. The quantitative estimate of drug-likeness (QED) is 0.872. The van der Waals surface area contributed by atoms with Crippen LogP contribution in [-0.2, 0) is 0 Å². The highest BCUT2D eigenvalue weighted by Gasteiger charge is 2.33. The largest absolute Gasteiger partial charge is 0.406 e. The highest BCUT2D eigenvalue weighted by Crippen LogP contribution is 2.17. The van der Waals surface area contributed by atoms with Crippen molar-refractivity contribution in [2.75, 3.05) is 13.1 Å². The van der Waals surface area contributed by atoms with Crippen LogP contribution >= 0.6 is 0 Å². The summed E-state index contributed by atoms with van der Waals surface area (Å²) in [6.07, 6.45) is -2.63. The Morgan fingerprint density at radius 2 is 1.79 bits per heavy atom. The van der Waals surface area contributed by atoms with E-state index in [2.05, 4.69) is 9.97 Å². The Kier molecular flexibility index (Phi) is 4.41. The number of aromatic nitrogens is 2. The van der Waals surface area contributed by atoms with Crippen LogP contribution in [-0.4, -0.2) is 45.9 Å². The van der Waals surface area contributed by atoms with Crippen LogP contribution in [0.2, 0.25) is 0 Å². The summed E-state index contributed by atoms with van der Waals surface area (Å²) in [7, 11) is 0. The van der Waals surface area contributed by atoms with E-state index in [-0.39, 0.29) is 17.9 Å². The first-order valence-electron chi connectivity index (χ1n) is 5.22. The molecular weight excluding hydrogens is 265 g/mol. The predicted molar refractivity (Wildman–Crippen MR) is 58.2 cm³/mol. The highest BCUT2D eigenvalue weighted by atomic mass is 19.4. The van der Waals surface area contributed by atoms with Crippen molar-refractivity contribution in [1.82, 2.24) is 14.9 Å². The fourth-order valence-corrected chi connectivity index (χ4v) is 1.27. The third-order valence-corrected chi connectivity index (χ3v) is 2.16. The molecule has 0 spiro atoms. The number of carbonyl (C=O) groups is 2.